The fourth-order valence-corrected chi connectivity index (χ4v) is 2.42. The monoisotopic (exact) mass is 286 g/mol. The molecular weight excluding hydrogens is 264 g/mol. The van der Waals surface area contributed by atoms with E-state index in [1.807, 2.05) is 18.2 Å². The number of nitrogens with two attached hydrogens (primary N) is 1. The van der Waals surface area contributed by atoms with Crippen LogP contribution in [0, 0.1) is 0 Å². The topological polar surface area (TPSA) is 68.1 Å². The molecular formula is C17H22N2O2. The fraction of sp³-hybridized carbons (Fsp3) is 0.353. The number of hydrogen-bond acceptors (Lipinski definition) is 3. The largest absolute Gasteiger partial charge is 0.468 e. The number of esters is 1. The Hall–Kier alpha value is -2.07. The van der Waals surface area contributed by atoms with Crippen LogP contribution in [0.3, 0.4) is 0 Å². The lowest BCUT2D eigenvalue weighted by atomic mass is 10.0. The number of allylic oxidation sites excluding steroid dienone is 2. The zero-order valence-electron chi connectivity index (χ0n) is 12.8. The van der Waals surface area contributed by atoms with Crippen LogP contribution in [0.4, 0.5) is 0 Å². The van der Waals surface area contributed by atoms with Gasteiger partial charge in [-0.3, -0.25) is 4.79 Å². The number of ether oxygens (including phenoxy) is 1. The highest BCUT2D eigenvalue weighted by atomic mass is 16.5. The summed E-state index contributed by atoms with van der Waals surface area (Å²) in [6.07, 6.45) is 3.45. The molecule has 0 aliphatic rings. The number of carbonyl (C=O) groups is 1. The number of aromatic nitrogens is 1. The third kappa shape index (κ3) is 3.52. The first kappa shape index (κ1) is 15.3. The van der Waals surface area contributed by atoms with E-state index in [-0.39, 0.29) is 5.97 Å². The standard InChI is InChI=1S/C17H22N2O2/c1-11(2)8-9-16-13(10-14(18)17(20)21-3)12-6-4-5-7-15(12)19-16/h4-8,14,19H,9-10,18H2,1-3H3/t14-/m0/s1. The van der Waals surface area contributed by atoms with Crippen molar-refractivity contribution >= 4 is 16.9 Å². The summed E-state index contributed by atoms with van der Waals surface area (Å²) in [7, 11) is 1.36. The van der Waals surface area contributed by atoms with Crippen molar-refractivity contribution in [3.8, 4) is 0 Å². The number of nitrogens with one attached hydrogen (secondary N) is 1. The number of rotatable bonds is 5. The maximum Gasteiger partial charge on any atom is 0.322 e. The molecule has 2 aromatic rings. The molecule has 0 fully saturated rings. The first-order chi connectivity index (χ1) is 10.0. The summed E-state index contributed by atoms with van der Waals surface area (Å²) in [5, 5.41) is 1.12. The molecule has 0 aliphatic carbocycles. The molecule has 0 bridgehead atoms. The predicted molar refractivity (Wildman–Crippen MR) is 85.1 cm³/mol. The van der Waals surface area contributed by atoms with Crippen molar-refractivity contribution in [1.82, 2.24) is 4.98 Å². The van der Waals surface area contributed by atoms with Gasteiger partial charge in [-0.05, 0) is 25.5 Å². The molecule has 3 N–H and O–H groups in total. The van der Waals surface area contributed by atoms with E-state index in [9.17, 15) is 4.79 Å². The van der Waals surface area contributed by atoms with Crippen molar-refractivity contribution in [1.29, 1.82) is 0 Å². The zero-order chi connectivity index (χ0) is 15.4. The van der Waals surface area contributed by atoms with Gasteiger partial charge in [0.15, 0.2) is 0 Å². The van der Waals surface area contributed by atoms with E-state index in [2.05, 4.69) is 31.0 Å². The molecule has 0 amide bonds. The van der Waals surface area contributed by atoms with Crippen molar-refractivity contribution in [2.24, 2.45) is 5.73 Å². The van der Waals surface area contributed by atoms with Gasteiger partial charge in [-0.15, -0.1) is 0 Å². The van der Waals surface area contributed by atoms with Gasteiger partial charge in [-0.25, -0.2) is 0 Å². The average molecular weight is 286 g/mol. The Morgan fingerprint density at radius 1 is 1.38 bits per heavy atom. The third-order valence-electron chi connectivity index (χ3n) is 3.54. The van der Waals surface area contributed by atoms with E-state index < -0.39 is 6.04 Å². The molecule has 1 heterocycles. The molecule has 1 atom stereocenters. The zero-order valence-corrected chi connectivity index (χ0v) is 12.8. The molecule has 0 saturated carbocycles. The van der Waals surface area contributed by atoms with Gasteiger partial charge in [-0.1, -0.05) is 29.8 Å². The molecule has 1 aromatic carbocycles. The Labute approximate surface area is 125 Å². The smallest absolute Gasteiger partial charge is 0.322 e. The number of fused-ring (bicyclic) bond motifs is 1. The quantitative estimate of drug-likeness (QED) is 0.656. The Balaban J connectivity index is 2.40. The van der Waals surface area contributed by atoms with Gasteiger partial charge in [0.2, 0.25) is 0 Å². The summed E-state index contributed by atoms with van der Waals surface area (Å²) < 4.78 is 4.72. The summed E-state index contributed by atoms with van der Waals surface area (Å²) in [6, 6.07) is 7.44. The number of H-pyrrole nitrogens is 1. The van der Waals surface area contributed by atoms with Crippen LogP contribution >= 0.6 is 0 Å². The SMILES string of the molecule is COC(=O)[C@@H](N)Cc1c(CC=C(C)C)[nH]c2ccccc12. The normalized spacial score (nSPS) is 12.2. The number of carbonyl (C=O) groups excluding carboxylic acids is 1. The first-order valence-electron chi connectivity index (χ1n) is 7.08. The van der Waals surface area contributed by atoms with E-state index in [4.69, 9.17) is 10.5 Å². The number of aromatic amines is 1. The lowest BCUT2D eigenvalue weighted by Gasteiger charge is -2.10. The minimum atomic E-state index is -0.639. The van der Waals surface area contributed by atoms with Gasteiger partial charge in [0.25, 0.3) is 0 Å². The number of para-hydroxylation sites is 1. The van der Waals surface area contributed by atoms with Crippen LogP contribution in [0.25, 0.3) is 10.9 Å². The fourth-order valence-electron chi connectivity index (χ4n) is 2.42. The van der Waals surface area contributed by atoms with Gasteiger partial charge < -0.3 is 15.5 Å². The van der Waals surface area contributed by atoms with E-state index in [1.165, 1.54) is 12.7 Å². The Morgan fingerprint density at radius 3 is 2.76 bits per heavy atom. The molecule has 4 heteroatoms. The van der Waals surface area contributed by atoms with E-state index in [1.54, 1.807) is 0 Å². The maximum absolute atomic E-state index is 11.6. The second-order valence-electron chi connectivity index (χ2n) is 5.45. The molecule has 0 unspecified atom stereocenters. The Kier molecular flexibility index (Phi) is 4.81. The van der Waals surface area contributed by atoms with Crippen LogP contribution in [-0.4, -0.2) is 24.1 Å². The summed E-state index contributed by atoms with van der Waals surface area (Å²) in [5.41, 5.74) is 10.5. The molecule has 4 nitrogen and oxygen atoms in total. The van der Waals surface area contributed by atoms with Crippen molar-refractivity contribution in [2.45, 2.75) is 32.7 Å². The van der Waals surface area contributed by atoms with Gasteiger partial charge in [-0.2, -0.15) is 0 Å². The Morgan fingerprint density at radius 2 is 2.10 bits per heavy atom. The summed E-state index contributed by atoms with van der Waals surface area (Å²) >= 11 is 0. The van der Waals surface area contributed by atoms with Crippen LogP contribution in [0.2, 0.25) is 0 Å². The highest BCUT2D eigenvalue weighted by molar-refractivity contribution is 5.86. The third-order valence-corrected chi connectivity index (χ3v) is 3.54. The molecule has 0 aliphatic heterocycles. The number of benzene rings is 1. The molecule has 0 spiro atoms. The van der Waals surface area contributed by atoms with E-state index in [0.29, 0.717) is 6.42 Å². The summed E-state index contributed by atoms with van der Waals surface area (Å²) in [6.45, 7) is 4.14. The van der Waals surface area contributed by atoms with Crippen LogP contribution in [-0.2, 0) is 22.4 Å². The van der Waals surface area contributed by atoms with Crippen molar-refractivity contribution in [3.05, 3.63) is 47.2 Å². The van der Waals surface area contributed by atoms with Crippen molar-refractivity contribution in [3.63, 3.8) is 0 Å². The highest BCUT2D eigenvalue weighted by Crippen LogP contribution is 2.24. The van der Waals surface area contributed by atoms with Crippen molar-refractivity contribution in [2.75, 3.05) is 7.11 Å². The van der Waals surface area contributed by atoms with E-state index in [0.717, 1.165) is 28.6 Å². The Bertz CT molecular complexity index is 666. The lowest BCUT2D eigenvalue weighted by molar-refractivity contribution is -0.142. The van der Waals surface area contributed by atoms with Crippen LogP contribution in [0.5, 0.6) is 0 Å². The minimum Gasteiger partial charge on any atom is -0.468 e. The molecule has 112 valence electrons. The minimum absolute atomic E-state index is 0.381. The van der Waals surface area contributed by atoms with Crippen LogP contribution in [0.1, 0.15) is 25.1 Å². The first-order valence-corrected chi connectivity index (χ1v) is 7.08. The summed E-state index contributed by atoms with van der Waals surface area (Å²) in [4.78, 5) is 15.0. The average Bonchev–Trinajstić information content (AvgIpc) is 2.82. The van der Waals surface area contributed by atoms with Gasteiger partial charge in [0.1, 0.15) is 6.04 Å². The van der Waals surface area contributed by atoms with Crippen molar-refractivity contribution < 1.29 is 9.53 Å². The highest BCUT2D eigenvalue weighted by Gasteiger charge is 2.19. The second kappa shape index (κ2) is 6.59. The summed E-state index contributed by atoms with van der Waals surface area (Å²) in [5.74, 6) is -0.381. The number of methoxy groups -OCH3 is 1. The van der Waals surface area contributed by atoms with Gasteiger partial charge in [0, 0.05) is 29.4 Å². The molecule has 0 radical (unpaired) electrons. The maximum atomic E-state index is 11.6. The van der Waals surface area contributed by atoms with E-state index >= 15 is 0 Å². The molecule has 2 rings (SSSR count). The van der Waals surface area contributed by atoms with Crippen LogP contribution < -0.4 is 5.73 Å². The molecule has 21 heavy (non-hydrogen) atoms. The molecule has 0 saturated heterocycles. The molecule has 1 aromatic heterocycles. The number of hydrogen-bond donors (Lipinski definition) is 2. The predicted octanol–water partition coefficient (Wildman–Crippen LogP) is 2.72. The lowest BCUT2D eigenvalue weighted by Crippen LogP contribution is -2.33. The van der Waals surface area contributed by atoms with Gasteiger partial charge in [0.05, 0.1) is 7.11 Å². The van der Waals surface area contributed by atoms with Gasteiger partial charge >= 0.3 is 5.97 Å². The second-order valence-corrected chi connectivity index (χ2v) is 5.45. The van der Waals surface area contributed by atoms with Crippen LogP contribution in [0.15, 0.2) is 35.9 Å².